The summed E-state index contributed by atoms with van der Waals surface area (Å²) in [5.41, 5.74) is 2.54. The minimum Gasteiger partial charge on any atom is -0.469 e. The molecule has 6 nitrogen and oxygen atoms in total. The summed E-state index contributed by atoms with van der Waals surface area (Å²) in [6.45, 7) is 1.84. The van der Waals surface area contributed by atoms with Crippen LogP contribution in [0.5, 0.6) is 0 Å². The number of aryl methyl sites for hydroxylation is 1. The summed E-state index contributed by atoms with van der Waals surface area (Å²) in [6, 6.07) is 11.0. The number of Topliss-reactive ketones (excluding diaryl/α,β-unsaturated/α-hetero) is 1. The first-order valence-electron chi connectivity index (χ1n) is 8.85. The molecule has 2 aliphatic rings. The molecule has 2 atom stereocenters. The first-order valence-corrected chi connectivity index (χ1v) is 9.23. The molecule has 136 valence electrons. The zero-order valence-corrected chi connectivity index (χ0v) is 15.4. The van der Waals surface area contributed by atoms with Gasteiger partial charge in [-0.15, -0.1) is 0 Å². The number of hydrogen-bond donors (Lipinski definition) is 1. The van der Waals surface area contributed by atoms with Crippen molar-refractivity contribution in [2.45, 2.75) is 31.7 Å². The standard InChI is InChI=1S/C20H17ClN4O2/c1-11-22-20-23-15-9-13(17-6-3-7-27-17)10-16(26)18(15)19(25(20)24-11)12-4-2-5-14(21)8-12/h2-8,13,19H,9-10H2,1H3,(H,22,23,24)/t13-,19-/m1/s1. The highest BCUT2D eigenvalue weighted by Gasteiger charge is 2.40. The number of halogens is 1. The molecule has 0 spiro atoms. The predicted octanol–water partition coefficient (Wildman–Crippen LogP) is 4.25. The largest absolute Gasteiger partial charge is 0.469 e. The maximum atomic E-state index is 13.2. The van der Waals surface area contributed by atoms with Gasteiger partial charge >= 0.3 is 0 Å². The molecule has 0 radical (unpaired) electrons. The molecule has 3 heterocycles. The van der Waals surface area contributed by atoms with E-state index in [2.05, 4.69) is 15.4 Å². The van der Waals surface area contributed by atoms with Gasteiger partial charge in [-0.2, -0.15) is 10.1 Å². The van der Waals surface area contributed by atoms with Gasteiger partial charge in [-0.3, -0.25) is 4.79 Å². The molecule has 0 unspecified atom stereocenters. The van der Waals surface area contributed by atoms with Crippen LogP contribution in [0.25, 0.3) is 0 Å². The zero-order chi connectivity index (χ0) is 18.5. The topological polar surface area (TPSA) is 73.0 Å². The number of nitrogens with zero attached hydrogens (tertiary/aromatic N) is 3. The van der Waals surface area contributed by atoms with Crippen LogP contribution in [0.1, 0.15) is 41.9 Å². The maximum Gasteiger partial charge on any atom is 0.226 e. The van der Waals surface area contributed by atoms with Gasteiger partial charge in [0, 0.05) is 28.6 Å². The number of allylic oxidation sites excluding steroid dienone is 2. The normalized spacial score (nSPS) is 21.6. The van der Waals surface area contributed by atoms with Crippen LogP contribution in [0.4, 0.5) is 5.95 Å². The lowest BCUT2D eigenvalue weighted by Gasteiger charge is -2.34. The summed E-state index contributed by atoms with van der Waals surface area (Å²) >= 11 is 6.22. The predicted molar refractivity (Wildman–Crippen MR) is 101 cm³/mol. The summed E-state index contributed by atoms with van der Waals surface area (Å²) in [6.07, 6.45) is 2.75. The van der Waals surface area contributed by atoms with Gasteiger partial charge in [0.1, 0.15) is 17.6 Å². The van der Waals surface area contributed by atoms with Crippen LogP contribution >= 0.6 is 11.6 Å². The molecule has 0 bridgehead atoms. The lowest BCUT2D eigenvalue weighted by Crippen LogP contribution is -2.33. The van der Waals surface area contributed by atoms with Crippen LogP contribution in [-0.4, -0.2) is 20.5 Å². The van der Waals surface area contributed by atoms with Crippen molar-refractivity contribution in [1.29, 1.82) is 0 Å². The molecule has 2 aromatic heterocycles. The second-order valence-electron chi connectivity index (χ2n) is 6.95. The third kappa shape index (κ3) is 2.68. The Balaban J connectivity index is 1.65. The molecule has 0 saturated heterocycles. The van der Waals surface area contributed by atoms with Gasteiger partial charge in [0.05, 0.1) is 6.26 Å². The van der Waals surface area contributed by atoms with E-state index in [1.54, 1.807) is 10.9 Å². The summed E-state index contributed by atoms with van der Waals surface area (Å²) in [4.78, 5) is 17.7. The quantitative estimate of drug-likeness (QED) is 0.719. The smallest absolute Gasteiger partial charge is 0.226 e. The van der Waals surface area contributed by atoms with Crippen molar-refractivity contribution >= 4 is 23.3 Å². The lowest BCUT2D eigenvalue weighted by atomic mass is 9.79. The second-order valence-corrected chi connectivity index (χ2v) is 7.38. The molecule has 27 heavy (non-hydrogen) atoms. The molecule has 0 amide bonds. The molecule has 1 aromatic carbocycles. The minimum atomic E-state index is -0.332. The SMILES string of the molecule is Cc1nc2n(n1)[C@H](c1cccc(Cl)c1)C1=C(C[C@@H](c3ccco3)CC1=O)N2. The molecular weight excluding hydrogens is 364 g/mol. The number of aromatic nitrogens is 3. The second kappa shape index (κ2) is 6.09. The highest BCUT2D eigenvalue weighted by atomic mass is 35.5. The number of benzene rings is 1. The van der Waals surface area contributed by atoms with Crippen LogP contribution in [0.3, 0.4) is 0 Å². The van der Waals surface area contributed by atoms with Crippen molar-refractivity contribution in [2.75, 3.05) is 5.32 Å². The Morgan fingerprint density at radius 3 is 2.93 bits per heavy atom. The van der Waals surface area contributed by atoms with E-state index in [1.165, 1.54) is 0 Å². The van der Waals surface area contributed by atoms with E-state index in [1.807, 2.05) is 43.3 Å². The molecule has 5 rings (SSSR count). The van der Waals surface area contributed by atoms with Crippen molar-refractivity contribution < 1.29 is 9.21 Å². The van der Waals surface area contributed by atoms with Gasteiger partial charge in [0.15, 0.2) is 5.78 Å². The van der Waals surface area contributed by atoms with Crippen LogP contribution in [0, 0.1) is 6.92 Å². The fraction of sp³-hybridized carbons (Fsp3) is 0.250. The Morgan fingerprint density at radius 2 is 2.15 bits per heavy atom. The molecule has 0 saturated carbocycles. The maximum absolute atomic E-state index is 13.2. The summed E-state index contributed by atoms with van der Waals surface area (Å²) in [5, 5.41) is 8.49. The molecule has 7 heteroatoms. The van der Waals surface area contributed by atoms with Crippen LogP contribution < -0.4 is 5.32 Å². The zero-order valence-electron chi connectivity index (χ0n) is 14.6. The Bertz CT molecular complexity index is 1070. The molecule has 1 aliphatic carbocycles. The number of carbonyl (C=O) groups excluding carboxylic acids is 1. The number of ketones is 1. The van der Waals surface area contributed by atoms with Gasteiger partial charge in [-0.25, -0.2) is 4.68 Å². The first kappa shape index (κ1) is 16.3. The van der Waals surface area contributed by atoms with Crippen molar-refractivity contribution in [3.63, 3.8) is 0 Å². The first-order chi connectivity index (χ1) is 13.1. The number of furan rings is 1. The third-order valence-electron chi connectivity index (χ3n) is 5.14. The molecule has 1 aliphatic heterocycles. The van der Waals surface area contributed by atoms with Gasteiger partial charge in [-0.1, -0.05) is 23.7 Å². The van der Waals surface area contributed by atoms with E-state index in [9.17, 15) is 4.79 Å². The van der Waals surface area contributed by atoms with Crippen LogP contribution in [0.2, 0.25) is 5.02 Å². The van der Waals surface area contributed by atoms with E-state index in [4.69, 9.17) is 16.0 Å². The van der Waals surface area contributed by atoms with Crippen molar-refractivity contribution in [3.8, 4) is 0 Å². The summed E-state index contributed by atoms with van der Waals surface area (Å²) < 4.78 is 7.33. The monoisotopic (exact) mass is 380 g/mol. The van der Waals surface area contributed by atoms with E-state index in [0.29, 0.717) is 29.6 Å². The van der Waals surface area contributed by atoms with Crippen molar-refractivity contribution in [2.24, 2.45) is 0 Å². The van der Waals surface area contributed by atoms with Gasteiger partial charge in [-0.05, 0) is 43.2 Å². The van der Waals surface area contributed by atoms with E-state index in [0.717, 1.165) is 22.6 Å². The summed E-state index contributed by atoms with van der Waals surface area (Å²) in [5.74, 6) is 2.24. The number of nitrogens with one attached hydrogen (secondary N) is 1. The number of rotatable bonds is 2. The Kier molecular flexibility index (Phi) is 3.68. The molecule has 0 fully saturated rings. The Hall–Kier alpha value is -2.86. The minimum absolute atomic E-state index is 0.0225. The number of fused-ring (bicyclic) bond motifs is 1. The molecule has 3 aromatic rings. The molecule has 1 N–H and O–H groups in total. The summed E-state index contributed by atoms with van der Waals surface area (Å²) in [7, 11) is 0. The van der Waals surface area contributed by atoms with Crippen molar-refractivity contribution in [1.82, 2.24) is 14.8 Å². The average Bonchev–Trinajstić information content (AvgIpc) is 3.28. The number of hydrogen-bond acceptors (Lipinski definition) is 5. The Morgan fingerprint density at radius 1 is 1.26 bits per heavy atom. The van der Waals surface area contributed by atoms with Crippen LogP contribution in [-0.2, 0) is 4.79 Å². The highest BCUT2D eigenvalue weighted by molar-refractivity contribution is 6.30. The number of anilines is 1. The number of carbonyl (C=O) groups is 1. The van der Waals surface area contributed by atoms with Gasteiger partial charge < -0.3 is 9.73 Å². The lowest BCUT2D eigenvalue weighted by molar-refractivity contribution is -0.117. The van der Waals surface area contributed by atoms with E-state index in [-0.39, 0.29) is 17.7 Å². The van der Waals surface area contributed by atoms with Crippen molar-refractivity contribution in [3.05, 3.63) is 76.1 Å². The van der Waals surface area contributed by atoms with E-state index >= 15 is 0 Å². The van der Waals surface area contributed by atoms with Gasteiger partial charge in [0.2, 0.25) is 5.95 Å². The fourth-order valence-corrected chi connectivity index (χ4v) is 4.23. The van der Waals surface area contributed by atoms with Gasteiger partial charge in [0.25, 0.3) is 0 Å². The third-order valence-corrected chi connectivity index (χ3v) is 5.37. The Labute approximate surface area is 160 Å². The average molecular weight is 381 g/mol. The fourth-order valence-electron chi connectivity index (χ4n) is 4.03. The van der Waals surface area contributed by atoms with E-state index < -0.39 is 0 Å². The molecular formula is C20H17ClN4O2. The highest BCUT2D eigenvalue weighted by Crippen LogP contribution is 2.44. The van der Waals surface area contributed by atoms with Crippen LogP contribution in [0.15, 0.2) is 58.3 Å².